The molecular formula is C14H18BIO4. The Bertz CT molecular complexity index is 526. The number of rotatable bonds is 2. The zero-order valence-electron chi connectivity index (χ0n) is 12.3. The highest BCUT2D eigenvalue weighted by Crippen LogP contribution is 2.42. The number of alkyl halides is 1. The molecule has 0 aliphatic carbocycles. The number of carbonyl (C=O) groups is 1. The van der Waals surface area contributed by atoms with E-state index in [1.807, 2.05) is 33.8 Å². The minimum absolute atomic E-state index is 0.360. The molecule has 1 fully saturated rings. The molecule has 20 heavy (non-hydrogen) atoms. The van der Waals surface area contributed by atoms with E-state index in [0.717, 1.165) is 11.0 Å². The molecule has 0 aromatic heterocycles. The van der Waals surface area contributed by atoms with Crippen LogP contribution in [0.2, 0.25) is 0 Å². The molecule has 0 amide bonds. The molecule has 4 nitrogen and oxygen atoms in total. The van der Waals surface area contributed by atoms with E-state index < -0.39 is 16.3 Å². The maximum atomic E-state index is 11.6. The fourth-order valence-corrected chi connectivity index (χ4v) is 2.36. The zero-order chi connectivity index (χ0) is 15.1. The van der Waals surface area contributed by atoms with Gasteiger partial charge < -0.3 is 14.0 Å². The van der Waals surface area contributed by atoms with Crippen molar-refractivity contribution in [3.63, 3.8) is 0 Å². The Morgan fingerprint density at radius 2 is 1.95 bits per heavy atom. The Kier molecular flexibility index (Phi) is 4.19. The Balaban J connectivity index is 2.37. The molecule has 1 aromatic rings. The molecule has 1 unspecified atom stereocenters. The summed E-state index contributed by atoms with van der Waals surface area (Å²) >= 11 is 2.25. The molecule has 1 aliphatic heterocycles. The van der Waals surface area contributed by atoms with E-state index in [9.17, 15) is 4.79 Å². The van der Waals surface area contributed by atoms with Gasteiger partial charge in [-0.1, -0.05) is 11.6 Å². The Labute approximate surface area is 133 Å². The number of carbonyl (C=O) groups excluding carboxylic acids is 1. The van der Waals surface area contributed by atoms with E-state index in [4.69, 9.17) is 14.0 Å². The number of esters is 1. The third-order valence-corrected chi connectivity index (χ3v) is 5.31. The van der Waals surface area contributed by atoms with Crippen molar-refractivity contribution in [3.05, 3.63) is 29.3 Å². The van der Waals surface area contributed by atoms with E-state index >= 15 is 0 Å². The predicted octanol–water partition coefficient (Wildman–Crippen LogP) is 2.45. The van der Waals surface area contributed by atoms with Gasteiger partial charge in [-0.15, -0.1) is 0 Å². The summed E-state index contributed by atoms with van der Waals surface area (Å²) in [4.78, 5) is 11.6. The molecule has 1 aliphatic rings. The van der Waals surface area contributed by atoms with Crippen LogP contribution in [0.15, 0.2) is 18.2 Å². The van der Waals surface area contributed by atoms with Crippen LogP contribution in [0.3, 0.4) is 0 Å². The monoisotopic (exact) mass is 388 g/mol. The van der Waals surface area contributed by atoms with E-state index in [2.05, 4.69) is 22.6 Å². The molecule has 2 rings (SSSR count). The van der Waals surface area contributed by atoms with Gasteiger partial charge in [0.2, 0.25) is 0 Å². The Hall–Kier alpha value is -0.595. The van der Waals surface area contributed by atoms with Crippen LogP contribution in [0.5, 0.6) is 0 Å². The largest absolute Gasteiger partial charge is 0.495 e. The number of hydrogen-bond donors (Lipinski definition) is 0. The molecule has 1 saturated heterocycles. The molecule has 0 N–H and O–H groups in total. The third-order valence-electron chi connectivity index (χ3n) is 3.76. The first-order chi connectivity index (χ1) is 9.18. The first kappa shape index (κ1) is 15.8. The molecular weight excluding hydrogens is 370 g/mol. The van der Waals surface area contributed by atoms with Gasteiger partial charge in [0, 0.05) is 0 Å². The lowest BCUT2D eigenvalue weighted by molar-refractivity contribution is 0.0601. The van der Waals surface area contributed by atoms with Crippen LogP contribution in [-0.4, -0.2) is 29.4 Å². The topological polar surface area (TPSA) is 44.8 Å². The van der Waals surface area contributed by atoms with Crippen LogP contribution in [0.1, 0.15) is 36.7 Å². The fourth-order valence-electron chi connectivity index (χ4n) is 2.01. The highest BCUT2D eigenvalue weighted by atomic mass is 127. The first-order valence-corrected chi connectivity index (χ1v) is 7.49. The average Bonchev–Trinajstić information content (AvgIpc) is 2.58. The summed E-state index contributed by atoms with van der Waals surface area (Å²) < 4.78 is 16.4. The van der Waals surface area contributed by atoms with E-state index in [-0.39, 0.29) is 5.97 Å². The van der Waals surface area contributed by atoms with Crippen LogP contribution >= 0.6 is 22.6 Å². The second-order valence-corrected chi connectivity index (χ2v) is 7.62. The summed E-state index contributed by atoms with van der Waals surface area (Å²) in [6, 6.07) is 5.40. The number of ether oxygens (including phenoxy) is 1. The lowest BCUT2D eigenvalue weighted by atomic mass is 9.75. The van der Waals surface area contributed by atoms with Gasteiger partial charge >= 0.3 is 13.1 Å². The quantitative estimate of drug-likeness (QED) is 0.338. The van der Waals surface area contributed by atoms with Crippen LogP contribution in [0, 0.1) is 6.92 Å². The smallest absolute Gasteiger partial charge is 0.465 e. The van der Waals surface area contributed by atoms with Crippen molar-refractivity contribution in [2.45, 2.75) is 36.9 Å². The number of aryl methyl sites for hydroxylation is 1. The van der Waals surface area contributed by atoms with Crippen LogP contribution < -0.4 is 5.46 Å². The Morgan fingerprint density at radius 1 is 1.30 bits per heavy atom. The van der Waals surface area contributed by atoms with Gasteiger partial charge in [0.05, 0.1) is 18.3 Å². The lowest BCUT2D eigenvalue weighted by Crippen LogP contribution is -2.38. The maximum absolute atomic E-state index is 11.6. The summed E-state index contributed by atoms with van der Waals surface area (Å²) in [6.45, 7) is 7.96. The van der Waals surface area contributed by atoms with Gasteiger partial charge in [-0.05, 0) is 67.9 Å². The molecule has 6 heteroatoms. The highest BCUT2D eigenvalue weighted by Gasteiger charge is 2.53. The second-order valence-electron chi connectivity index (χ2n) is 5.56. The molecule has 1 heterocycles. The summed E-state index contributed by atoms with van der Waals surface area (Å²) in [5.74, 6) is -0.360. The third kappa shape index (κ3) is 2.73. The molecule has 0 saturated carbocycles. The standard InChI is InChI=1S/C14H18BIO4/c1-9-6-7-10(12(17)18-5)8-11(9)15-19-13(2,3)14(4,16)20-15/h6-8H,1-5H3. The van der Waals surface area contributed by atoms with Gasteiger partial charge in [-0.3, -0.25) is 0 Å². The molecule has 1 aromatic carbocycles. The molecule has 0 bridgehead atoms. The molecule has 0 spiro atoms. The van der Waals surface area contributed by atoms with Crippen LogP contribution in [0.4, 0.5) is 0 Å². The molecule has 108 valence electrons. The fraction of sp³-hybridized carbons (Fsp3) is 0.500. The van der Waals surface area contributed by atoms with E-state index in [1.165, 1.54) is 7.11 Å². The second kappa shape index (κ2) is 5.31. The van der Waals surface area contributed by atoms with Crippen molar-refractivity contribution in [2.24, 2.45) is 0 Å². The van der Waals surface area contributed by atoms with Crippen molar-refractivity contribution in [1.29, 1.82) is 0 Å². The van der Waals surface area contributed by atoms with Crippen molar-refractivity contribution in [2.75, 3.05) is 7.11 Å². The van der Waals surface area contributed by atoms with E-state index in [1.54, 1.807) is 12.1 Å². The maximum Gasteiger partial charge on any atom is 0.495 e. The minimum atomic E-state index is -0.475. The van der Waals surface area contributed by atoms with Gasteiger partial charge in [-0.25, -0.2) is 4.79 Å². The van der Waals surface area contributed by atoms with Gasteiger partial charge in [0.1, 0.15) is 3.61 Å². The van der Waals surface area contributed by atoms with Gasteiger partial charge in [0.15, 0.2) is 0 Å². The zero-order valence-corrected chi connectivity index (χ0v) is 14.5. The summed E-state index contributed by atoms with van der Waals surface area (Å²) in [7, 11) is 0.895. The average molecular weight is 388 g/mol. The molecule has 1 atom stereocenters. The van der Waals surface area contributed by atoms with Crippen LogP contribution in [0.25, 0.3) is 0 Å². The normalized spacial score (nSPS) is 24.8. The number of benzene rings is 1. The van der Waals surface area contributed by atoms with Gasteiger partial charge in [-0.2, -0.15) is 0 Å². The van der Waals surface area contributed by atoms with Crippen LogP contribution in [-0.2, 0) is 14.0 Å². The number of hydrogen-bond acceptors (Lipinski definition) is 4. The van der Waals surface area contributed by atoms with Crippen molar-refractivity contribution < 1.29 is 18.8 Å². The first-order valence-electron chi connectivity index (χ1n) is 6.41. The summed E-state index contributed by atoms with van der Waals surface area (Å²) in [5.41, 5.74) is 1.97. The van der Waals surface area contributed by atoms with Crippen molar-refractivity contribution >= 4 is 41.1 Å². The number of methoxy groups -OCH3 is 1. The Morgan fingerprint density at radius 3 is 2.45 bits per heavy atom. The minimum Gasteiger partial charge on any atom is -0.465 e. The molecule has 0 radical (unpaired) electrons. The van der Waals surface area contributed by atoms with Crippen molar-refractivity contribution in [3.8, 4) is 0 Å². The lowest BCUT2D eigenvalue weighted by Gasteiger charge is -2.30. The SMILES string of the molecule is COC(=O)c1ccc(C)c(B2OC(C)(C)C(C)(I)O2)c1. The highest BCUT2D eigenvalue weighted by molar-refractivity contribution is 14.1. The van der Waals surface area contributed by atoms with E-state index in [0.29, 0.717) is 5.56 Å². The predicted molar refractivity (Wildman–Crippen MR) is 86.6 cm³/mol. The van der Waals surface area contributed by atoms with Crippen molar-refractivity contribution in [1.82, 2.24) is 0 Å². The van der Waals surface area contributed by atoms with Gasteiger partial charge in [0.25, 0.3) is 0 Å². The number of halogens is 1. The summed E-state index contributed by atoms with van der Waals surface area (Å²) in [5, 5.41) is 0. The summed E-state index contributed by atoms with van der Waals surface area (Å²) in [6.07, 6.45) is 0.